The van der Waals surface area contributed by atoms with Crippen molar-refractivity contribution in [3.63, 3.8) is 0 Å². The molecule has 5 nitrogen and oxygen atoms in total. The lowest BCUT2D eigenvalue weighted by molar-refractivity contribution is 0.576. The predicted molar refractivity (Wildman–Crippen MR) is 75.6 cm³/mol. The maximum atomic E-state index is 5.77. The van der Waals surface area contributed by atoms with Gasteiger partial charge in [0.2, 0.25) is 0 Å². The van der Waals surface area contributed by atoms with E-state index in [0.717, 1.165) is 38.0 Å². The van der Waals surface area contributed by atoms with Gasteiger partial charge in [-0.1, -0.05) is 13.8 Å². The molecule has 5 heteroatoms. The van der Waals surface area contributed by atoms with Gasteiger partial charge in [0.15, 0.2) is 5.96 Å². The molecule has 0 aromatic carbocycles. The van der Waals surface area contributed by atoms with Crippen LogP contribution in [0, 0.1) is 12.8 Å². The molecule has 1 aromatic heterocycles. The topological polar surface area (TPSA) is 79.1 Å². The quantitative estimate of drug-likeness (QED) is 0.391. The third-order valence-corrected chi connectivity index (χ3v) is 2.85. The van der Waals surface area contributed by atoms with Crippen molar-refractivity contribution in [2.24, 2.45) is 16.6 Å². The fourth-order valence-electron chi connectivity index (χ4n) is 1.64. The van der Waals surface area contributed by atoms with Crippen LogP contribution in [0.1, 0.15) is 37.9 Å². The van der Waals surface area contributed by atoms with Crippen LogP contribution in [-0.4, -0.2) is 29.2 Å². The number of H-pyrrole nitrogens is 1. The predicted octanol–water partition coefficient (Wildman–Crippen LogP) is 1.60. The number of aryl methyl sites for hydroxylation is 2. The van der Waals surface area contributed by atoms with E-state index >= 15 is 0 Å². The lowest BCUT2D eigenvalue weighted by Gasteiger charge is -2.07. The molecule has 1 heterocycles. The Kier molecular flexibility index (Phi) is 6.25. The van der Waals surface area contributed by atoms with Crippen molar-refractivity contribution in [2.45, 2.75) is 40.0 Å². The molecule has 0 spiro atoms. The summed E-state index contributed by atoms with van der Waals surface area (Å²) in [4.78, 5) is 4.30. The number of hydrogen-bond donors (Lipinski definition) is 3. The van der Waals surface area contributed by atoms with Crippen LogP contribution in [0.15, 0.2) is 11.2 Å². The first kappa shape index (κ1) is 14.5. The summed E-state index contributed by atoms with van der Waals surface area (Å²) in [7, 11) is 0. The van der Waals surface area contributed by atoms with Crippen molar-refractivity contribution in [1.29, 1.82) is 0 Å². The fraction of sp³-hybridized carbons (Fsp3) is 0.692. The first-order valence-electron chi connectivity index (χ1n) is 6.62. The number of hydrogen-bond acceptors (Lipinski definition) is 2. The summed E-state index contributed by atoms with van der Waals surface area (Å²) in [6.45, 7) is 8.08. The number of nitrogens with zero attached hydrogens (tertiary/aromatic N) is 2. The molecule has 0 radical (unpaired) electrons. The Bertz CT molecular complexity index is 367. The summed E-state index contributed by atoms with van der Waals surface area (Å²) < 4.78 is 0. The molecule has 0 aliphatic carbocycles. The van der Waals surface area contributed by atoms with Crippen molar-refractivity contribution in [1.82, 2.24) is 15.5 Å². The summed E-state index contributed by atoms with van der Waals surface area (Å²) in [6.07, 6.45) is 4.98. The largest absolute Gasteiger partial charge is 0.370 e. The Morgan fingerprint density at radius 3 is 2.94 bits per heavy atom. The van der Waals surface area contributed by atoms with Crippen molar-refractivity contribution in [2.75, 3.05) is 13.1 Å². The van der Waals surface area contributed by atoms with Gasteiger partial charge in [0, 0.05) is 18.8 Å². The van der Waals surface area contributed by atoms with Crippen LogP contribution in [0.3, 0.4) is 0 Å². The van der Waals surface area contributed by atoms with E-state index in [9.17, 15) is 0 Å². The van der Waals surface area contributed by atoms with Crippen LogP contribution in [-0.2, 0) is 6.42 Å². The molecule has 0 saturated heterocycles. The van der Waals surface area contributed by atoms with E-state index in [4.69, 9.17) is 5.73 Å². The van der Waals surface area contributed by atoms with Crippen molar-refractivity contribution >= 4 is 5.96 Å². The van der Waals surface area contributed by atoms with Crippen LogP contribution in [0.5, 0.6) is 0 Å². The highest BCUT2D eigenvalue weighted by Crippen LogP contribution is 2.05. The van der Waals surface area contributed by atoms with Crippen molar-refractivity contribution < 1.29 is 0 Å². The van der Waals surface area contributed by atoms with Crippen LogP contribution in [0.4, 0.5) is 0 Å². The third-order valence-electron chi connectivity index (χ3n) is 2.85. The van der Waals surface area contributed by atoms with Gasteiger partial charge in [-0.2, -0.15) is 5.10 Å². The van der Waals surface area contributed by atoms with Crippen LogP contribution in [0.2, 0.25) is 0 Å². The molecule has 4 N–H and O–H groups in total. The molecule has 0 aliphatic heterocycles. The summed E-state index contributed by atoms with van der Waals surface area (Å²) in [5.41, 5.74) is 8.17. The van der Waals surface area contributed by atoms with Crippen LogP contribution >= 0.6 is 0 Å². The molecular weight excluding hydrogens is 226 g/mol. The number of aromatic nitrogens is 2. The average molecular weight is 251 g/mol. The zero-order valence-electron chi connectivity index (χ0n) is 11.7. The second-order valence-corrected chi connectivity index (χ2v) is 5.00. The van der Waals surface area contributed by atoms with E-state index in [2.05, 4.69) is 34.4 Å². The van der Waals surface area contributed by atoms with E-state index in [1.54, 1.807) is 0 Å². The highest BCUT2D eigenvalue weighted by Gasteiger charge is 1.99. The van der Waals surface area contributed by atoms with Crippen molar-refractivity contribution in [3.8, 4) is 0 Å². The van der Waals surface area contributed by atoms with Gasteiger partial charge < -0.3 is 11.1 Å². The summed E-state index contributed by atoms with van der Waals surface area (Å²) >= 11 is 0. The number of nitrogens with two attached hydrogens (primary N) is 1. The Hall–Kier alpha value is -1.52. The normalized spacial score (nSPS) is 12.1. The average Bonchev–Trinajstić information content (AvgIpc) is 2.70. The van der Waals surface area contributed by atoms with Gasteiger partial charge in [-0.25, -0.2) is 0 Å². The smallest absolute Gasteiger partial charge is 0.188 e. The number of rotatable bonds is 7. The molecule has 1 rings (SSSR count). The summed E-state index contributed by atoms with van der Waals surface area (Å²) in [5, 5.41) is 10.1. The minimum atomic E-state index is 0.555. The number of aromatic amines is 1. The molecule has 0 atom stereocenters. The monoisotopic (exact) mass is 251 g/mol. The molecule has 0 aliphatic rings. The minimum absolute atomic E-state index is 0.555. The molecule has 0 bridgehead atoms. The Morgan fingerprint density at radius 2 is 2.33 bits per heavy atom. The minimum Gasteiger partial charge on any atom is -0.370 e. The van der Waals surface area contributed by atoms with Gasteiger partial charge in [-0.3, -0.25) is 10.1 Å². The second kappa shape index (κ2) is 7.74. The fourth-order valence-corrected chi connectivity index (χ4v) is 1.64. The molecule has 0 amide bonds. The molecule has 0 unspecified atom stereocenters. The van der Waals surface area contributed by atoms with E-state index in [1.807, 2.05) is 13.1 Å². The molecule has 1 aromatic rings. The Morgan fingerprint density at radius 1 is 1.56 bits per heavy atom. The van der Waals surface area contributed by atoms with Crippen molar-refractivity contribution in [3.05, 3.63) is 17.5 Å². The number of aliphatic imine (C=N–C) groups is 1. The highest BCUT2D eigenvalue weighted by molar-refractivity contribution is 5.77. The lowest BCUT2D eigenvalue weighted by Crippen LogP contribution is -2.33. The summed E-state index contributed by atoms with van der Waals surface area (Å²) in [5.74, 6) is 1.24. The molecular formula is C13H25N5. The first-order valence-corrected chi connectivity index (χ1v) is 6.62. The first-order chi connectivity index (χ1) is 8.59. The SMILES string of the molecule is Cc1[nH]ncc1CCCN=C(N)NCCC(C)C. The molecule has 18 heavy (non-hydrogen) atoms. The lowest BCUT2D eigenvalue weighted by atomic mass is 10.1. The van der Waals surface area contributed by atoms with E-state index in [-0.39, 0.29) is 0 Å². The van der Waals surface area contributed by atoms with Crippen LogP contribution in [0.25, 0.3) is 0 Å². The highest BCUT2D eigenvalue weighted by atomic mass is 15.1. The summed E-state index contributed by atoms with van der Waals surface area (Å²) in [6, 6.07) is 0. The van der Waals surface area contributed by atoms with Gasteiger partial charge in [0.05, 0.1) is 6.20 Å². The Balaban J connectivity index is 2.14. The zero-order valence-corrected chi connectivity index (χ0v) is 11.7. The molecule has 102 valence electrons. The maximum absolute atomic E-state index is 5.77. The van der Waals surface area contributed by atoms with E-state index < -0.39 is 0 Å². The third kappa shape index (κ3) is 5.70. The molecule has 0 fully saturated rings. The number of guanidine groups is 1. The standard InChI is InChI=1S/C13H25N5/c1-10(2)6-8-16-13(14)15-7-4-5-12-9-17-18-11(12)3/h9-10H,4-8H2,1-3H3,(H,17,18)(H3,14,15,16). The van der Waals surface area contributed by atoms with Crippen LogP contribution < -0.4 is 11.1 Å². The van der Waals surface area contributed by atoms with E-state index in [0.29, 0.717) is 11.9 Å². The molecule has 0 saturated carbocycles. The second-order valence-electron chi connectivity index (χ2n) is 5.00. The zero-order chi connectivity index (χ0) is 13.4. The maximum Gasteiger partial charge on any atom is 0.188 e. The van der Waals surface area contributed by atoms with E-state index in [1.165, 1.54) is 5.56 Å². The number of nitrogens with one attached hydrogen (secondary N) is 2. The van der Waals surface area contributed by atoms with Gasteiger partial charge in [0.25, 0.3) is 0 Å². The van der Waals surface area contributed by atoms with Gasteiger partial charge in [0.1, 0.15) is 0 Å². The van der Waals surface area contributed by atoms with Gasteiger partial charge >= 0.3 is 0 Å². The van der Waals surface area contributed by atoms with Gasteiger partial charge in [-0.15, -0.1) is 0 Å². The Labute approximate surface area is 109 Å². The van der Waals surface area contributed by atoms with Gasteiger partial charge in [-0.05, 0) is 37.7 Å².